The number of nitrogens with one attached hydrogen (secondary N) is 1. The first-order chi connectivity index (χ1) is 12.6. The molecule has 1 heterocycles. The maximum atomic E-state index is 12.4. The minimum absolute atomic E-state index is 0.00175. The normalized spacial score (nSPS) is 24.5. The van der Waals surface area contributed by atoms with Crippen LogP contribution in [-0.2, 0) is 4.79 Å². The van der Waals surface area contributed by atoms with E-state index in [1.807, 2.05) is 11.8 Å². The standard InChI is InChI=1S/C17H29F3N4O3/c1-3-24(10-15(25)26)14-8-12(9-14)21-16(27)22(2)13-4-6-23(7-5-13)11-17(18,19)20/h12-14H,3-11H2,1-2H3,(H,21,27)(H,25,26). The Morgan fingerprint density at radius 3 is 2.26 bits per heavy atom. The summed E-state index contributed by atoms with van der Waals surface area (Å²) in [6.07, 6.45) is -1.72. The van der Waals surface area contributed by atoms with Gasteiger partial charge in [0.15, 0.2) is 0 Å². The number of piperidine rings is 1. The molecule has 1 aliphatic heterocycles. The minimum Gasteiger partial charge on any atom is -0.480 e. The summed E-state index contributed by atoms with van der Waals surface area (Å²) in [5.41, 5.74) is 0. The number of carboxylic acids is 1. The number of hydrogen-bond acceptors (Lipinski definition) is 4. The molecule has 156 valence electrons. The van der Waals surface area contributed by atoms with Crippen molar-refractivity contribution in [3.05, 3.63) is 0 Å². The van der Waals surface area contributed by atoms with Crippen molar-refractivity contribution >= 4 is 12.0 Å². The summed E-state index contributed by atoms with van der Waals surface area (Å²) in [7, 11) is 1.68. The van der Waals surface area contributed by atoms with Gasteiger partial charge in [-0.1, -0.05) is 6.92 Å². The molecule has 0 aromatic rings. The van der Waals surface area contributed by atoms with Crippen molar-refractivity contribution < 1.29 is 27.9 Å². The number of halogens is 3. The number of carbonyl (C=O) groups is 2. The number of likely N-dealkylation sites (tertiary alicyclic amines) is 1. The summed E-state index contributed by atoms with van der Waals surface area (Å²) in [6.45, 7) is 2.31. The maximum Gasteiger partial charge on any atom is 0.401 e. The molecule has 0 unspecified atom stereocenters. The fourth-order valence-corrected chi connectivity index (χ4v) is 3.84. The molecular weight excluding hydrogens is 365 g/mol. The lowest BCUT2D eigenvalue weighted by atomic mass is 9.85. The Morgan fingerprint density at radius 2 is 1.78 bits per heavy atom. The Balaban J connectivity index is 1.71. The van der Waals surface area contributed by atoms with Crippen LogP contribution < -0.4 is 5.32 Å². The number of alkyl halides is 3. The maximum absolute atomic E-state index is 12.4. The van der Waals surface area contributed by atoms with Gasteiger partial charge in [0.05, 0.1) is 13.1 Å². The molecule has 1 aliphatic carbocycles. The first-order valence-electron chi connectivity index (χ1n) is 9.37. The molecule has 0 spiro atoms. The molecule has 0 radical (unpaired) electrons. The monoisotopic (exact) mass is 394 g/mol. The van der Waals surface area contributed by atoms with E-state index < -0.39 is 18.7 Å². The van der Waals surface area contributed by atoms with Crippen LogP contribution in [0, 0.1) is 0 Å². The molecule has 2 fully saturated rings. The fourth-order valence-electron chi connectivity index (χ4n) is 3.84. The molecule has 2 aliphatic rings. The predicted octanol–water partition coefficient (Wildman–Crippen LogP) is 1.59. The van der Waals surface area contributed by atoms with E-state index in [1.54, 1.807) is 11.9 Å². The third-order valence-electron chi connectivity index (χ3n) is 5.53. The average molecular weight is 394 g/mol. The van der Waals surface area contributed by atoms with Gasteiger partial charge in [0.25, 0.3) is 0 Å². The van der Waals surface area contributed by atoms with Gasteiger partial charge in [0.2, 0.25) is 0 Å². The van der Waals surface area contributed by atoms with Gasteiger partial charge in [-0.05, 0) is 32.2 Å². The van der Waals surface area contributed by atoms with Gasteiger partial charge in [-0.15, -0.1) is 0 Å². The largest absolute Gasteiger partial charge is 0.480 e. The summed E-state index contributed by atoms with van der Waals surface area (Å²) < 4.78 is 37.3. The van der Waals surface area contributed by atoms with Gasteiger partial charge < -0.3 is 15.3 Å². The Kier molecular flexibility index (Phi) is 7.32. The van der Waals surface area contributed by atoms with Crippen molar-refractivity contribution in [3.8, 4) is 0 Å². The lowest BCUT2D eigenvalue weighted by molar-refractivity contribution is -0.148. The zero-order chi connectivity index (χ0) is 20.2. The number of hydrogen-bond donors (Lipinski definition) is 2. The van der Waals surface area contributed by atoms with Crippen LogP contribution in [0.5, 0.6) is 0 Å². The lowest BCUT2D eigenvalue weighted by Crippen LogP contribution is -2.58. The molecule has 2 rings (SSSR count). The van der Waals surface area contributed by atoms with E-state index in [9.17, 15) is 22.8 Å². The summed E-state index contributed by atoms with van der Waals surface area (Å²) >= 11 is 0. The van der Waals surface area contributed by atoms with Crippen LogP contribution >= 0.6 is 0 Å². The number of amides is 2. The third-order valence-corrected chi connectivity index (χ3v) is 5.53. The van der Waals surface area contributed by atoms with Crippen molar-refractivity contribution in [1.29, 1.82) is 0 Å². The summed E-state index contributed by atoms with van der Waals surface area (Å²) in [6, 6.07) is -0.107. The lowest BCUT2D eigenvalue weighted by Gasteiger charge is -2.43. The highest BCUT2D eigenvalue weighted by Crippen LogP contribution is 2.26. The first-order valence-corrected chi connectivity index (χ1v) is 9.37. The van der Waals surface area contributed by atoms with Gasteiger partial charge in [-0.3, -0.25) is 14.6 Å². The van der Waals surface area contributed by atoms with Gasteiger partial charge >= 0.3 is 18.2 Å². The molecule has 0 aromatic heterocycles. The third kappa shape index (κ3) is 6.53. The molecule has 2 amide bonds. The summed E-state index contributed by atoms with van der Waals surface area (Å²) in [4.78, 5) is 28.1. The van der Waals surface area contributed by atoms with E-state index in [0.29, 0.717) is 45.3 Å². The molecule has 10 heteroatoms. The number of urea groups is 1. The molecule has 7 nitrogen and oxygen atoms in total. The van der Waals surface area contributed by atoms with Crippen LogP contribution in [0.4, 0.5) is 18.0 Å². The number of aliphatic carboxylic acids is 1. The topological polar surface area (TPSA) is 76.1 Å². The zero-order valence-corrected chi connectivity index (χ0v) is 15.8. The molecule has 0 atom stereocenters. The van der Waals surface area contributed by atoms with E-state index in [2.05, 4.69) is 5.32 Å². The van der Waals surface area contributed by atoms with E-state index in [4.69, 9.17) is 5.11 Å². The second-order valence-corrected chi connectivity index (χ2v) is 7.46. The Hall–Kier alpha value is -1.55. The molecule has 1 saturated carbocycles. The van der Waals surface area contributed by atoms with Crippen molar-refractivity contribution in [3.63, 3.8) is 0 Å². The van der Waals surface area contributed by atoms with Crippen LogP contribution in [0.2, 0.25) is 0 Å². The molecular formula is C17H29F3N4O3. The van der Waals surface area contributed by atoms with Gasteiger partial charge in [0, 0.05) is 38.3 Å². The zero-order valence-electron chi connectivity index (χ0n) is 15.8. The highest BCUT2D eigenvalue weighted by Gasteiger charge is 2.37. The first kappa shape index (κ1) is 21.7. The van der Waals surface area contributed by atoms with Crippen molar-refractivity contribution in [1.82, 2.24) is 20.0 Å². The van der Waals surface area contributed by atoms with E-state index in [0.717, 1.165) is 0 Å². The molecule has 1 saturated heterocycles. The number of likely N-dealkylation sites (N-methyl/N-ethyl adjacent to an activating group) is 1. The molecule has 0 bridgehead atoms. The summed E-state index contributed by atoms with van der Waals surface area (Å²) in [5.74, 6) is -0.860. The average Bonchev–Trinajstić information content (AvgIpc) is 2.54. The van der Waals surface area contributed by atoms with E-state index in [-0.39, 0.29) is 30.7 Å². The quantitative estimate of drug-likeness (QED) is 0.686. The molecule has 2 N–H and O–H groups in total. The second kappa shape index (κ2) is 9.09. The predicted molar refractivity (Wildman–Crippen MR) is 93.5 cm³/mol. The van der Waals surface area contributed by atoms with Crippen molar-refractivity contribution in [2.75, 3.05) is 39.8 Å². The van der Waals surface area contributed by atoms with Crippen LogP contribution in [0.1, 0.15) is 32.6 Å². The number of carboxylic acid groups (broad SMARTS) is 1. The minimum atomic E-state index is -4.19. The molecule has 27 heavy (non-hydrogen) atoms. The van der Waals surface area contributed by atoms with Crippen molar-refractivity contribution in [2.45, 2.75) is 56.9 Å². The number of nitrogens with zero attached hydrogens (tertiary/aromatic N) is 3. The number of rotatable bonds is 7. The van der Waals surface area contributed by atoms with Gasteiger partial charge in [-0.2, -0.15) is 13.2 Å². The van der Waals surface area contributed by atoms with Gasteiger partial charge in [0.1, 0.15) is 0 Å². The van der Waals surface area contributed by atoms with Gasteiger partial charge in [-0.25, -0.2) is 4.79 Å². The highest BCUT2D eigenvalue weighted by molar-refractivity contribution is 5.74. The Bertz CT molecular complexity index is 518. The Labute approximate surface area is 157 Å². The van der Waals surface area contributed by atoms with E-state index in [1.165, 1.54) is 4.90 Å². The number of carbonyl (C=O) groups excluding carboxylic acids is 1. The van der Waals surface area contributed by atoms with Crippen LogP contribution in [0.15, 0.2) is 0 Å². The van der Waals surface area contributed by atoms with Crippen LogP contribution in [0.3, 0.4) is 0 Å². The molecule has 0 aromatic carbocycles. The smallest absolute Gasteiger partial charge is 0.401 e. The fraction of sp³-hybridized carbons (Fsp3) is 0.882. The van der Waals surface area contributed by atoms with E-state index >= 15 is 0 Å². The van der Waals surface area contributed by atoms with Crippen molar-refractivity contribution in [2.24, 2.45) is 0 Å². The summed E-state index contributed by atoms with van der Waals surface area (Å²) in [5, 5.41) is 11.9. The second-order valence-electron chi connectivity index (χ2n) is 7.46. The van der Waals surface area contributed by atoms with Crippen LogP contribution in [-0.4, -0.2) is 95.9 Å². The highest BCUT2D eigenvalue weighted by atomic mass is 19.4. The Morgan fingerprint density at radius 1 is 1.19 bits per heavy atom. The van der Waals surface area contributed by atoms with Crippen LogP contribution in [0.25, 0.3) is 0 Å². The SMILES string of the molecule is CCN(CC(=O)O)C1CC(NC(=O)N(C)C2CCN(CC(F)(F)F)CC2)C1.